The van der Waals surface area contributed by atoms with Gasteiger partial charge in [0.15, 0.2) is 0 Å². The van der Waals surface area contributed by atoms with Crippen molar-refractivity contribution in [1.82, 2.24) is 10.4 Å². The van der Waals surface area contributed by atoms with Gasteiger partial charge in [0, 0.05) is 19.0 Å². The fourth-order valence-electron chi connectivity index (χ4n) is 1.22. The minimum Gasteiger partial charge on any atom is -0.349 e. The first-order valence-electron chi connectivity index (χ1n) is 4.81. The van der Waals surface area contributed by atoms with Crippen molar-refractivity contribution in [1.29, 1.82) is 0 Å². The van der Waals surface area contributed by atoms with Gasteiger partial charge in [0.05, 0.1) is 12.6 Å². The number of hydrogen-bond acceptors (Lipinski definition) is 3. The van der Waals surface area contributed by atoms with E-state index in [1.165, 1.54) is 0 Å². The van der Waals surface area contributed by atoms with E-state index in [1.54, 1.807) is 0 Å². The second-order valence-electron chi connectivity index (χ2n) is 3.64. The van der Waals surface area contributed by atoms with Gasteiger partial charge in [0.25, 0.3) is 0 Å². The SMILES string of the molecule is CCN1CC(NC(=O)C(C)C)CO1. The van der Waals surface area contributed by atoms with Gasteiger partial charge in [-0.1, -0.05) is 20.8 Å². The summed E-state index contributed by atoms with van der Waals surface area (Å²) in [5.74, 6) is 0.155. The molecule has 4 heteroatoms. The Balaban J connectivity index is 2.28. The third kappa shape index (κ3) is 2.97. The second kappa shape index (κ2) is 4.58. The Morgan fingerprint density at radius 2 is 2.38 bits per heavy atom. The van der Waals surface area contributed by atoms with Crippen molar-refractivity contribution in [2.45, 2.75) is 26.8 Å². The Morgan fingerprint density at radius 1 is 1.69 bits per heavy atom. The van der Waals surface area contributed by atoms with Crippen molar-refractivity contribution in [3.8, 4) is 0 Å². The Labute approximate surface area is 79.2 Å². The highest BCUT2D eigenvalue weighted by molar-refractivity contribution is 5.78. The van der Waals surface area contributed by atoms with Gasteiger partial charge in [-0.3, -0.25) is 9.63 Å². The number of hydroxylamine groups is 2. The third-order valence-electron chi connectivity index (χ3n) is 2.11. The van der Waals surface area contributed by atoms with Crippen LogP contribution in [0, 0.1) is 5.92 Å². The number of likely N-dealkylation sites (N-methyl/N-ethyl adjacent to an activating group) is 1. The van der Waals surface area contributed by atoms with Crippen molar-refractivity contribution in [2.24, 2.45) is 5.92 Å². The number of carbonyl (C=O) groups excluding carboxylic acids is 1. The van der Waals surface area contributed by atoms with E-state index in [9.17, 15) is 4.79 Å². The Morgan fingerprint density at radius 3 is 2.85 bits per heavy atom. The van der Waals surface area contributed by atoms with Crippen LogP contribution in [0.1, 0.15) is 20.8 Å². The van der Waals surface area contributed by atoms with Crippen molar-refractivity contribution >= 4 is 5.91 Å². The number of rotatable bonds is 3. The summed E-state index contributed by atoms with van der Waals surface area (Å²) in [6, 6.07) is 0.162. The molecule has 0 bridgehead atoms. The highest BCUT2D eigenvalue weighted by Gasteiger charge is 2.24. The monoisotopic (exact) mass is 186 g/mol. The fourth-order valence-corrected chi connectivity index (χ4v) is 1.22. The first kappa shape index (κ1) is 10.5. The molecule has 1 unspecified atom stereocenters. The molecular formula is C9H18N2O2. The van der Waals surface area contributed by atoms with Crippen molar-refractivity contribution in [3.05, 3.63) is 0 Å². The smallest absolute Gasteiger partial charge is 0.222 e. The molecule has 1 heterocycles. The van der Waals surface area contributed by atoms with E-state index in [4.69, 9.17) is 4.84 Å². The minimum atomic E-state index is 0.0516. The predicted molar refractivity (Wildman–Crippen MR) is 50.0 cm³/mol. The summed E-state index contributed by atoms with van der Waals surface area (Å²) in [7, 11) is 0. The van der Waals surface area contributed by atoms with Gasteiger partial charge < -0.3 is 5.32 Å². The molecule has 0 spiro atoms. The standard InChI is InChI=1S/C9H18N2O2/c1-4-11-5-8(6-13-11)10-9(12)7(2)3/h7-8H,4-6H2,1-3H3,(H,10,12). The summed E-state index contributed by atoms with van der Waals surface area (Å²) < 4.78 is 0. The topological polar surface area (TPSA) is 41.6 Å². The molecule has 1 atom stereocenters. The molecule has 0 saturated carbocycles. The van der Waals surface area contributed by atoms with E-state index < -0.39 is 0 Å². The molecule has 1 N–H and O–H groups in total. The van der Waals surface area contributed by atoms with Gasteiger partial charge in [-0.15, -0.1) is 0 Å². The van der Waals surface area contributed by atoms with E-state index in [-0.39, 0.29) is 17.9 Å². The van der Waals surface area contributed by atoms with E-state index in [0.29, 0.717) is 6.61 Å². The highest BCUT2D eigenvalue weighted by atomic mass is 16.7. The van der Waals surface area contributed by atoms with Crippen molar-refractivity contribution in [3.63, 3.8) is 0 Å². The zero-order valence-corrected chi connectivity index (χ0v) is 8.54. The molecule has 1 aliphatic rings. The molecule has 4 nitrogen and oxygen atoms in total. The van der Waals surface area contributed by atoms with Gasteiger partial charge in [-0.05, 0) is 0 Å². The summed E-state index contributed by atoms with van der Waals surface area (Å²) in [5, 5.41) is 4.80. The van der Waals surface area contributed by atoms with Crippen LogP contribution < -0.4 is 5.32 Å². The predicted octanol–water partition coefficient (Wildman–Crippen LogP) is 0.394. The van der Waals surface area contributed by atoms with Gasteiger partial charge in [-0.25, -0.2) is 0 Å². The van der Waals surface area contributed by atoms with Crippen molar-refractivity contribution in [2.75, 3.05) is 19.7 Å². The van der Waals surface area contributed by atoms with Crippen LogP contribution in [0.2, 0.25) is 0 Å². The minimum absolute atomic E-state index is 0.0516. The molecule has 13 heavy (non-hydrogen) atoms. The van der Waals surface area contributed by atoms with E-state index in [1.807, 2.05) is 25.8 Å². The van der Waals surface area contributed by atoms with Crippen LogP contribution in [0.15, 0.2) is 0 Å². The molecule has 76 valence electrons. The molecule has 0 aromatic rings. The maximum absolute atomic E-state index is 11.3. The average Bonchev–Trinajstić information content (AvgIpc) is 2.52. The van der Waals surface area contributed by atoms with Crippen LogP contribution in [0.3, 0.4) is 0 Å². The van der Waals surface area contributed by atoms with Crippen LogP contribution in [0.25, 0.3) is 0 Å². The third-order valence-corrected chi connectivity index (χ3v) is 2.11. The van der Waals surface area contributed by atoms with Gasteiger partial charge >= 0.3 is 0 Å². The van der Waals surface area contributed by atoms with E-state index in [0.717, 1.165) is 13.1 Å². The Kier molecular flexibility index (Phi) is 3.69. The maximum atomic E-state index is 11.3. The first-order valence-corrected chi connectivity index (χ1v) is 4.81. The molecule has 0 aliphatic carbocycles. The number of nitrogens with zero attached hydrogens (tertiary/aromatic N) is 1. The Bertz CT molecular complexity index is 182. The lowest BCUT2D eigenvalue weighted by Gasteiger charge is -2.13. The molecule has 0 aromatic heterocycles. The van der Waals surface area contributed by atoms with Crippen molar-refractivity contribution < 1.29 is 9.63 Å². The molecule has 1 aliphatic heterocycles. The van der Waals surface area contributed by atoms with Crippen LogP contribution >= 0.6 is 0 Å². The molecule has 1 rings (SSSR count). The summed E-state index contributed by atoms with van der Waals surface area (Å²) in [5.41, 5.74) is 0. The lowest BCUT2D eigenvalue weighted by molar-refractivity contribution is -0.124. The molecule has 1 fully saturated rings. The molecule has 0 radical (unpaired) electrons. The fraction of sp³-hybridized carbons (Fsp3) is 0.889. The van der Waals surface area contributed by atoms with Gasteiger partial charge in [-0.2, -0.15) is 5.06 Å². The molecule has 1 amide bonds. The summed E-state index contributed by atoms with van der Waals surface area (Å²) in [6.45, 7) is 8.09. The summed E-state index contributed by atoms with van der Waals surface area (Å²) in [4.78, 5) is 16.6. The quantitative estimate of drug-likeness (QED) is 0.693. The normalized spacial score (nSPS) is 23.8. The number of amides is 1. The van der Waals surface area contributed by atoms with Crippen LogP contribution in [0.5, 0.6) is 0 Å². The van der Waals surface area contributed by atoms with Gasteiger partial charge in [0.1, 0.15) is 0 Å². The lowest BCUT2D eigenvalue weighted by atomic mass is 10.2. The number of nitrogens with one attached hydrogen (secondary N) is 1. The largest absolute Gasteiger partial charge is 0.349 e. The summed E-state index contributed by atoms with van der Waals surface area (Å²) >= 11 is 0. The zero-order chi connectivity index (χ0) is 9.84. The molecule has 1 saturated heterocycles. The highest BCUT2D eigenvalue weighted by Crippen LogP contribution is 2.05. The van der Waals surface area contributed by atoms with Crippen LogP contribution in [-0.4, -0.2) is 36.7 Å². The van der Waals surface area contributed by atoms with E-state index in [2.05, 4.69) is 5.32 Å². The van der Waals surface area contributed by atoms with Crippen LogP contribution in [-0.2, 0) is 9.63 Å². The van der Waals surface area contributed by atoms with Crippen LogP contribution in [0.4, 0.5) is 0 Å². The molecular weight excluding hydrogens is 168 g/mol. The zero-order valence-electron chi connectivity index (χ0n) is 8.54. The lowest BCUT2D eigenvalue weighted by Crippen LogP contribution is -2.40. The van der Waals surface area contributed by atoms with E-state index >= 15 is 0 Å². The first-order chi connectivity index (χ1) is 6.13. The second-order valence-corrected chi connectivity index (χ2v) is 3.64. The number of carbonyl (C=O) groups is 1. The average molecular weight is 186 g/mol. The number of hydrogen-bond donors (Lipinski definition) is 1. The molecule has 0 aromatic carbocycles. The maximum Gasteiger partial charge on any atom is 0.222 e. The van der Waals surface area contributed by atoms with Gasteiger partial charge in [0.2, 0.25) is 5.91 Å². The summed E-state index contributed by atoms with van der Waals surface area (Å²) in [6.07, 6.45) is 0. The Hall–Kier alpha value is -0.610.